The fraction of sp³-hybridized carbons (Fsp3) is 0.667. The zero-order valence-corrected chi connectivity index (χ0v) is 7.63. The van der Waals surface area contributed by atoms with Crippen molar-refractivity contribution in [2.45, 2.75) is 38.9 Å². The lowest BCUT2D eigenvalue weighted by Gasteiger charge is -2.13. The highest BCUT2D eigenvalue weighted by Gasteiger charge is 2.25. The summed E-state index contributed by atoms with van der Waals surface area (Å²) in [6, 6.07) is 0. The minimum Gasteiger partial charge on any atom is -0.404 e. The molecule has 0 amide bonds. The Morgan fingerprint density at radius 2 is 2.25 bits per heavy atom. The van der Waals surface area contributed by atoms with Crippen LogP contribution >= 0.6 is 0 Å². The Kier molecular flexibility index (Phi) is 2.87. The minimum atomic E-state index is 0.0579. The third-order valence-electron chi connectivity index (χ3n) is 2.19. The molecule has 1 heterocycles. The van der Waals surface area contributed by atoms with Crippen LogP contribution in [0, 0.1) is 5.41 Å². The van der Waals surface area contributed by atoms with E-state index in [1.807, 2.05) is 6.92 Å². The molecule has 0 saturated carbocycles. The molecule has 0 spiro atoms. The average molecular weight is 168 g/mol. The van der Waals surface area contributed by atoms with Gasteiger partial charge >= 0.3 is 0 Å². The van der Waals surface area contributed by atoms with Gasteiger partial charge in [0.15, 0.2) is 0 Å². The van der Waals surface area contributed by atoms with Crippen molar-refractivity contribution in [3.05, 3.63) is 11.8 Å². The van der Waals surface area contributed by atoms with Crippen LogP contribution in [0.2, 0.25) is 0 Å². The Bertz CT molecular complexity index is 211. The summed E-state index contributed by atoms with van der Waals surface area (Å²) in [5.74, 6) is 0. The van der Waals surface area contributed by atoms with E-state index < -0.39 is 0 Å². The first-order chi connectivity index (χ1) is 5.65. The predicted octanol–water partition coefficient (Wildman–Crippen LogP) is 1.44. The van der Waals surface area contributed by atoms with E-state index in [1.54, 1.807) is 6.92 Å². The fourth-order valence-electron chi connectivity index (χ4n) is 1.51. The normalized spacial score (nSPS) is 30.7. The van der Waals surface area contributed by atoms with E-state index in [4.69, 9.17) is 15.9 Å². The van der Waals surface area contributed by atoms with Gasteiger partial charge in [-0.15, -0.1) is 0 Å². The average Bonchev–Trinajstić information content (AvgIpc) is 2.37. The molecule has 0 aromatic rings. The molecule has 0 aromatic carbocycles. The van der Waals surface area contributed by atoms with Crippen molar-refractivity contribution in [3.63, 3.8) is 0 Å². The number of ether oxygens (including phenoxy) is 1. The Balaban J connectivity index is 2.63. The maximum Gasteiger partial charge on any atom is 0.0860 e. The zero-order chi connectivity index (χ0) is 9.14. The summed E-state index contributed by atoms with van der Waals surface area (Å²) in [5.41, 5.74) is 6.76. The molecule has 0 aromatic heterocycles. The van der Waals surface area contributed by atoms with Crippen LogP contribution in [0.15, 0.2) is 11.8 Å². The number of nitrogens with two attached hydrogens (primary N) is 1. The maximum absolute atomic E-state index is 7.45. The quantitative estimate of drug-likeness (QED) is 0.613. The molecule has 1 rings (SSSR count). The molecule has 1 saturated heterocycles. The number of hydrogen-bond donors (Lipinski definition) is 2. The molecule has 12 heavy (non-hydrogen) atoms. The van der Waals surface area contributed by atoms with Crippen molar-refractivity contribution >= 4 is 5.71 Å². The smallest absolute Gasteiger partial charge is 0.0860 e. The molecule has 0 radical (unpaired) electrons. The van der Waals surface area contributed by atoms with Crippen molar-refractivity contribution in [3.8, 4) is 0 Å². The van der Waals surface area contributed by atoms with Gasteiger partial charge in [-0.1, -0.05) is 0 Å². The van der Waals surface area contributed by atoms with E-state index >= 15 is 0 Å². The summed E-state index contributed by atoms with van der Waals surface area (Å²) < 4.78 is 5.59. The second-order valence-corrected chi connectivity index (χ2v) is 3.26. The molecule has 1 fully saturated rings. The van der Waals surface area contributed by atoms with E-state index in [9.17, 15) is 0 Å². The highest BCUT2D eigenvalue weighted by molar-refractivity contribution is 5.96. The van der Waals surface area contributed by atoms with Crippen molar-refractivity contribution in [1.29, 1.82) is 5.41 Å². The van der Waals surface area contributed by atoms with Gasteiger partial charge in [0.1, 0.15) is 0 Å². The fourth-order valence-corrected chi connectivity index (χ4v) is 1.51. The van der Waals surface area contributed by atoms with Gasteiger partial charge in [0.2, 0.25) is 0 Å². The van der Waals surface area contributed by atoms with Crippen molar-refractivity contribution in [1.82, 2.24) is 0 Å². The zero-order valence-electron chi connectivity index (χ0n) is 7.63. The highest BCUT2D eigenvalue weighted by atomic mass is 16.5. The minimum absolute atomic E-state index is 0.0579. The van der Waals surface area contributed by atoms with Gasteiger partial charge in [-0.25, -0.2) is 0 Å². The van der Waals surface area contributed by atoms with Crippen LogP contribution in [0.25, 0.3) is 0 Å². The van der Waals surface area contributed by atoms with Crippen LogP contribution in [0.1, 0.15) is 26.7 Å². The Hall–Kier alpha value is -0.830. The van der Waals surface area contributed by atoms with Gasteiger partial charge in [-0.3, -0.25) is 0 Å². The summed E-state index contributed by atoms with van der Waals surface area (Å²) in [4.78, 5) is 0. The number of nitrogens with one attached hydrogen (secondary N) is 1. The van der Waals surface area contributed by atoms with Crippen LogP contribution in [-0.4, -0.2) is 17.9 Å². The van der Waals surface area contributed by atoms with E-state index in [2.05, 4.69) is 0 Å². The van der Waals surface area contributed by atoms with Crippen LogP contribution in [0.3, 0.4) is 0 Å². The second-order valence-electron chi connectivity index (χ2n) is 3.26. The molecule has 1 aliphatic rings. The Labute approximate surface area is 73.1 Å². The van der Waals surface area contributed by atoms with Gasteiger partial charge in [-0.05, 0) is 26.7 Å². The number of hydrogen-bond acceptors (Lipinski definition) is 3. The highest BCUT2D eigenvalue weighted by Crippen LogP contribution is 2.24. The lowest BCUT2D eigenvalue weighted by Crippen LogP contribution is -2.17. The molecule has 0 bridgehead atoms. The van der Waals surface area contributed by atoms with Crippen molar-refractivity contribution in [2.75, 3.05) is 0 Å². The summed E-state index contributed by atoms with van der Waals surface area (Å²) in [6.07, 6.45) is 3.91. The lowest BCUT2D eigenvalue weighted by atomic mass is 10.0. The van der Waals surface area contributed by atoms with Gasteiger partial charge in [0.25, 0.3) is 0 Å². The van der Waals surface area contributed by atoms with Crippen molar-refractivity contribution in [2.24, 2.45) is 5.73 Å². The molecule has 3 heteroatoms. The first kappa shape index (κ1) is 9.26. The van der Waals surface area contributed by atoms with Crippen LogP contribution in [-0.2, 0) is 4.74 Å². The van der Waals surface area contributed by atoms with Gasteiger partial charge in [0, 0.05) is 17.5 Å². The van der Waals surface area contributed by atoms with Gasteiger partial charge in [0.05, 0.1) is 12.2 Å². The Morgan fingerprint density at radius 1 is 1.58 bits per heavy atom. The number of rotatable bonds is 2. The predicted molar refractivity (Wildman–Crippen MR) is 49.2 cm³/mol. The first-order valence-electron chi connectivity index (χ1n) is 4.28. The van der Waals surface area contributed by atoms with Crippen LogP contribution in [0.4, 0.5) is 0 Å². The van der Waals surface area contributed by atoms with Gasteiger partial charge in [-0.2, -0.15) is 0 Å². The molecular weight excluding hydrogens is 152 g/mol. The lowest BCUT2D eigenvalue weighted by molar-refractivity contribution is 0.0797. The molecule has 1 aliphatic heterocycles. The first-order valence-corrected chi connectivity index (χ1v) is 4.28. The summed E-state index contributed by atoms with van der Waals surface area (Å²) in [5, 5.41) is 7.45. The SMILES string of the molecule is CC(=N)/C(=C\N)[C@H]1CCC(C)O1. The standard InChI is InChI=1S/C9H16N2O/c1-6-3-4-9(12-6)8(5-10)7(2)11/h5-6,9,11H,3-4,10H2,1-2H3/b8-5+,11-7?/t6?,9-/m1/s1. The molecule has 68 valence electrons. The summed E-state index contributed by atoms with van der Waals surface area (Å²) >= 11 is 0. The Morgan fingerprint density at radius 3 is 2.58 bits per heavy atom. The molecule has 0 aliphatic carbocycles. The molecular formula is C9H16N2O. The summed E-state index contributed by atoms with van der Waals surface area (Å²) in [7, 11) is 0. The topological polar surface area (TPSA) is 59.1 Å². The van der Waals surface area contributed by atoms with Crippen LogP contribution < -0.4 is 5.73 Å². The largest absolute Gasteiger partial charge is 0.404 e. The van der Waals surface area contributed by atoms with E-state index in [0.717, 1.165) is 18.4 Å². The van der Waals surface area contributed by atoms with Crippen molar-refractivity contribution < 1.29 is 4.74 Å². The molecule has 1 unspecified atom stereocenters. The third-order valence-corrected chi connectivity index (χ3v) is 2.19. The third kappa shape index (κ3) is 1.85. The van der Waals surface area contributed by atoms with Crippen LogP contribution in [0.5, 0.6) is 0 Å². The van der Waals surface area contributed by atoms with E-state index in [0.29, 0.717) is 11.8 Å². The molecule has 2 atom stereocenters. The monoisotopic (exact) mass is 168 g/mol. The maximum atomic E-state index is 7.45. The van der Waals surface area contributed by atoms with E-state index in [-0.39, 0.29) is 6.10 Å². The molecule has 3 N–H and O–H groups in total. The van der Waals surface area contributed by atoms with Gasteiger partial charge < -0.3 is 15.9 Å². The summed E-state index contributed by atoms with van der Waals surface area (Å²) in [6.45, 7) is 3.79. The van der Waals surface area contributed by atoms with E-state index in [1.165, 1.54) is 6.20 Å². The molecule has 3 nitrogen and oxygen atoms in total. The second kappa shape index (κ2) is 3.72.